The largest absolute Gasteiger partial charge is 0.507 e. The standard InChI is InChI=1S/C48H55ClN8O8S/c1-26(51)39-24-66-25-57(39)47(64)28(3)53-45(62)38-22-29-8-18-40(58)35(21-29)36-23-33(15-19-41(36)59)42(46(63)52-27(2)43(60)55-38)56(4)48(65)37(7-5-6-20-50)54-44(61)32-11-9-30(10-12-32)31-13-16-34(49)17-14-31/h8-19,21,23,27-28,37-39,42,58-59H,1,5-7,20,22,24-25,50-51H2,2-4H3,(H,52,63)(H,53,62)(H,54,61)(H,55,60)/t27-,28-,37-,38-,39+,42-/m0/s1. The third kappa shape index (κ3) is 11.4. The third-order valence-corrected chi connectivity index (χ3v) is 13.0. The predicted octanol–water partition coefficient (Wildman–Crippen LogP) is 3.94. The van der Waals surface area contributed by atoms with Gasteiger partial charge in [-0.05, 0) is 110 Å². The molecule has 4 aromatic carbocycles. The topological polar surface area (TPSA) is 250 Å². The molecule has 18 heteroatoms. The Labute approximate surface area is 392 Å². The molecule has 2 heterocycles. The zero-order valence-electron chi connectivity index (χ0n) is 36.9. The van der Waals surface area contributed by atoms with Gasteiger partial charge in [0.2, 0.25) is 29.5 Å². The van der Waals surface area contributed by atoms with Gasteiger partial charge in [0.1, 0.15) is 41.7 Å². The Morgan fingerprint density at radius 3 is 2.20 bits per heavy atom. The van der Waals surface area contributed by atoms with Crippen molar-refractivity contribution < 1.29 is 39.0 Å². The molecule has 66 heavy (non-hydrogen) atoms. The first-order valence-electron chi connectivity index (χ1n) is 21.5. The van der Waals surface area contributed by atoms with Crippen molar-refractivity contribution in [3.05, 3.63) is 119 Å². The van der Waals surface area contributed by atoms with Crippen molar-refractivity contribution in [1.82, 2.24) is 31.1 Å². The number of nitrogens with two attached hydrogens (primary N) is 2. The van der Waals surface area contributed by atoms with Crippen LogP contribution in [0.3, 0.4) is 0 Å². The highest BCUT2D eigenvalue weighted by Gasteiger charge is 2.37. The molecule has 1 fully saturated rings. The third-order valence-electron chi connectivity index (χ3n) is 11.7. The molecule has 4 aromatic rings. The summed E-state index contributed by atoms with van der Waals surface area (Å²) in [5, 5.41) is 33.9. The van der Waals surface area contributed by atoms with Crippen LogP contribution in [0.5, 0.6) is 11.5 Å². The van der Waals surface area contributed by atoms with Crippen LogP contribution in [-0.4, -0.2) is 111 Å². The number of rotatable bonds is 13. The number of benzene rings is 4. The lowest BCUT2D eigenvalue weighted by Gasteiger charge is -2.32. The summed E-state index contributed by atoms with van der Waals surface area (Å²) in [7, 11) is 1.39. The minimum Gasteiger partial charge on any atom is -0.507 e. The Balaban J connectivity index is 1.30. The average molecular weight is 940 g/mol. The lowest BCUT2D eigenvalue weighted by atomic mass is 9.93. The van der Waals surface area contributed by atoms with Crippen LogP contribution < -0.4 is 32.7 Å². The molecule has 1 saturated heterocycles. The number of halogens is 1. The number of nitrogens with one attached hydrogen (secondary N) is 4. The van der Waals surface area contributed by atoms with Gasteiger partial charge in [-0.25, -0.2) is 0 Å². The van der Waals surface area contributed by atoms with Crippen molar-refractivity contribution in [1.29, 1.82) is 0 Å². The van der Waals surface area contributed by atoms with E-state index >= 15 is 0 Å². The molecule has 0 radical (unpaired) electrons. The maximum absolute atomic E-state index is 14.6. The normalized spacial score (nSPS) is 19.3. The first-order valence-corrected chi connectivity index (χ1v) is 23.0. The zero-order chi connectivity index (χ0) is 47.8. The number of phenolic OH excluding ortho intramolecular Hbond substituents is 2. The first-order chi connectivity index (χ1) is 31.5. The number of likely N-dealkylation sites (N-methyl/N-ethyl adjacent to an activating group) is 1. The Morgan fingerprint density at radius 2 is 1.55 bits per heavy atom. The minimum atomic E-state index is -1.45. The summed E-state index contributed by atoms with van der Waals surface area (Å²) >= 11 is 7.55. The molecule has 6 rings (SSSR count). The Morgan fingerprint density at radius 1 is 0.909 bits per heavy atom. The molecule has 0 saturated carbocycles. The highest BCUT2D eigenvalue weighted by molar-refractivity contribution is 7.99. The number of hydrogen-bond acceptors (Lipinski definition) is 11. The van der Waals surface area contributed by atoms with Gasteiger partial charge in [-0.15, -0.1) is 11.8 Å². The molecule has 6 amide bonds. The minimum absolute atomic E-state index is 0.106. The van der Waals surface area contributed by atoms with E-state index in [2.05, 4.69) is 27.8 Å². The van der Waals surface area contributed by atoms with Gasteiger partial charge in [-0.3, -0.25) is 28.8 Å². The van der Waals surface area contributed by atoms with Crippen LogP contribution in [0, 0.1) is 0 Å². The fourth-order valence-corrected chi connectivity index (χ4v) is 9.28. The molecular weight excluding hydrogens is 884 g/mol. The molecule has 0 spiro atoms. The number of nitrogens with zero attached hydrogens (tertiary/aromatic N) is 2. The fraction of sp³-hybridized carbons (Fsp3) is 0.333. The van der Waals surface area contributed by atoms with Gasteiger partial charge >= 0.3 is 0 Å². The van der Waals surface area contributed by atoms with E-state index in [1.165, 1.54) is 67.9 Å². The van der Waals surface area contributed by atoms with Gasteiger partial charge in [0.15, 0.2) is 0 Å². The zero-order valence-corrected chi connectivity index (χ0v) is 38.5. The van der Waals surface area contributed by atoms with Crippen molar-refractivity contribution in [3.63, 3.8) is 0 Å². The second-order valence-electron chi connectivity index (χ2n) is 16.5. The SMILES string of the molecule is C=C(N)[C@H]1CSCN1C(=O)[C@H](C)NC(=O)[C@@H]1Cc2ccc(O)c(c2)-c2cc(ccc2O)[C@H](N(C)C(=O)[C@H](CCCCN)NC(=O)c2ccc(-c3ccc(Cl)cc3)cc2)C(=O)N[C@@H](C)C(=O)N1. The smallest absolute Gasteiger partial charge is 0.251 e. The summed E-state index contributed by atoms with van der Waals surface area (Å²) in [6.45, 7) is 7.07. The first kappa shape index (κ1) is 48.9. The number of amides is 6. The van der Waals surface area contributed by atoms with Crippen molar-refractivity contribution >= 4 is 58.8 Å². The van der Waals surface area contributed by atoms with Gasteiger partial charge in [-0.2, -0.15) is 0 Å². The highest BCUT2D eigenvalue weighted by Crippen LogP contribution is 2.39. The molecule has 0 unspecified atom stereocenters. The summed E-state index contributed by atoms with van der Waals surface area (Å²) in [6.07, 6.45) is 1.08. The van der Waals surface area contributed by atoms with Crippen LogP contribution in [0.25, 0.3) is 22.3 Å². The van der Waals surface area contributed by atoms with E-state index < -0.39 is 71.7 Å². The summed E-state index contributed by atoms with van der Waals surface area (Å²) in [6, 6.07) is 16.2. The van der Waals surface area contributed by atoms with Crippen LogP contribution in [0.2, 0.25) is 5.02 Å². The Hall–Kier alpha value is -6.56. The summed E-state index contributed by atoms with van der Waals surface area (Å²) in [4.78, 5) is 86.9. The molecule has 4 bridgehead atoms. The van der Waals surface area contributed by atoms with Crippen molar-refractivity contribution in [3.8, 4) is 33.8 Å². The quantitative estimate of drug-likeness (QED) is 0.0893. The molecule has 2 aliphatic heterocycles. The van der Waals surface area contributed by atoms with Gasteiger partial charge in [0.25, 0.3) is 5.91 Å². The number of phenols is 2. The molecular formula is C48H55ClN8O8S. The molecule has 16 nitrogen and oxygen atoms in total. The van der Waals surface area contributed by atoms with Gasteiger partial charge in [0.05, 0.1) is 11.9 Å². The van der Waals surface area contributed by atoms with Crippen molar-refractivity contribution in [2.75, 3.05) is 25.2 Å². The number of hydrogen-bond donors (Lipinski definition) is 8. The molecule has 10 N–H and O–H groups in total. The molecule has 0 aliphatic carbocycles. The van der Waals surface area contributed by atoms with E-state index in [0.29, 0.717) is 47.3 Å². The monoisotopic (exact) mass is 938 g/mol. The average Bonchev–Trinajstić information content (AvgIpc) is 3.80. The predicted molar refractivity (Wildman–Crippen MR) is 254 cm³/mol. The lowest BCUT2D eigenvalue weighted by molar-refractivity contribution is -0.141. The molecule has 6 atom stereocenters. The Kier molecular flexibility index (Phi) is 16.0. The van der Waals surface area contributed by atoms with Crippen LogP contribution in [-0.2, 0) is 30.4 Å². The van der Waals surface area contributed by atoms with Crippen LogP contribution >= 0.6 is 23.4 Å². The van der Waals surface area contributed by atoms with E-state index in [4.69, 9.17) is 23.1 Å². The molecule has 348 valence electrons. The van der Waals surface area contributed by atoms with Gasteiger partial charge < -0.3 is 52.7 Å². The molecule has 0 aromatic heterocycles. The van der Waals surface area contributed by atoms with Crippen LogP contribution in [0.1, 0.15) is 60.6 Å². The van der Waals surface area contributed by atoms with E-state index in [0.717, 1.165) is 16.0 Å². The second kappa shape index (κ2) is 21.6. The van der Waals surface area contributed by atoms with E-state index in [1.54, 1.807) is 42.5 Å². The highest BCUT2D eigenvalue weighted by atomic mass is 35.5. The number of thioether (sulfide) groups is 1. The van der Waals surface area contributed by atoms with E-state index in [1.807, 2.05) is 12.1 Å². The number of fused-ring (bicyclic) bond motifs is 5. The molecule has 2 aliphatic rings. The van der Waals surface area contributed by atoms with Gasteiger partial charge in [0, 0.05) is 46.6 Å². The maximum Gasteiger partial charge on any atom is 0.251 e. The van der Waals surface area contributed by atoms with E-state index in [-0.39, 0.29) is 46.6 Å². The summed E-state index contributed by atoms with van der Waals surface area (Å²) in [5.74, 6) is -3.40. The second-order valence-corrected chi connectivity index (χ2v) is 17.9. The number of carbonyl (C=O) groups is 6. The van der Waals surface area contributed by atoms with E-state index in [9.17, 15) is 39.0 Å². The van der Waals surface area contributed by atoms with Crippen molar-refractivity contribution in [2.24, 2.45) is 11.5 Å². The number of unbranched alkanes of at least 4 members (excludes halogenated alkanes) is 1. The number of carbonyl (C=O) groups excluding carboxylic acids is 6. The number of aromatic hydroxyl groups is 2. The Bertz CT molecular complexity index is 2490. The maximum atomic E-state index is 14.6. The summed E-state index contributed by atoms with van der Waals surface area (Å²) < 4.78 is 0. The van der Waals surface area contributed by atoms with Gasteiger partial charge in [-0.1, -0.05) is 54.6 Å². The van der Waals surface area contributed by atoms with Crippen LogP contribution in [0.15, 0.2) is 97.2 Å². The van der Waals surface area contributed by atoms with Crippen LogP contribution in [0.4, 0.5) is 0 Å². The summed E-state index contributed by atoms with van der Waals surface area (Å²) in [5.41, 5.74) is 15.0. The van der Waals surface area contributed by atoms with Crippen molar-refractivity contribution in [2.45, 2.75) is 75.8 Å². The lowest BCUT2D eigenvalue weighted by Crippen LogP contribution is -2.58. The fourth-order valence-electron chi connectivity index (χ4n) is 7.93.